The third-order valence-corrected chi connectivity index (χ3v) is 3.85. The van der Waals surface area contributed by atoms with E-state index in [1.807, 2.05) is 18.2 Å². The third-order valence-electron chi connectivity index (χ3n) is 3.85. The Morgan fingerprint density at radius 2 is 0.719 bits per heavy atom. The molecule has 3 rings (SSSR count). The van der Waals surface area contributed by atoms with Gasteiger partial charge in [-0.2, -0.15) is 0 Å². The molecule has 0 aliphatic carbocycles. The van der Waals surface area contributed by atoms with Crippen molar-refractivity contribution in [2.45, 2.75) is 58.3 Å². The molecular formula is C24H32N3O4Rh. The summed E-state index contributed by atoms with van der Waals surface area (Å²) in [5.41, 5.74) is -1.43. The average Bonchev–Trinajstić information content (AvgIpc) is 2.69. The van der Waals surface area contributed by atoms with E-state index < -0.39 is 16.8 Å². The minimum Gasteiger partial charge on any atom is -0.845 e. The predicted molar refractivity (Wildman–Crippen MR) is 115 cm³/mol. The summed E-state index contributed by atoms with van der Waals surface area (Å²) in [5.74, 6) is 0. The van der Waals surface area contributed by atoms with E-state index >= 15 is 0 Å². The number of nitrogens with zero attached hydrogens (tertiary/aromatic N) is 3. The molecule has 0 amide bonds. The maximum atomic E-state index is 11.2. The van der Waals surface area contributed by atoms with Gasteiger partial charge in [0.15, 0.2) is 0 Å². The summed E-state index contributed by atoms with van der Waals surface area (Å²) in [5, 5.41) is 33.7. The molecule has 3 aromatic rings. The van der Waals surface area contributed by atoms with Gasteiger partial charge in [0.1, 0.15) is 0 Å². The molecule has 3 aromatic heterocycles. The Bertz CT molecular complexity index is 728. The number of hydrogen-bond donors (Lipinski definition) is 0. The van der Waals surface area contributed by atoms with Crippen LogP contribution >= 0.6 is 0 Å². The zero-order chi connectivity index (χ0) is 22.8. The molecule has 0 aliphatic rings. The van der Waals surface area contributed by atoms with Gasteiger partial charge in [0.2, 0.25) is 0 Å². The molecule has 0 spiro atoms. The van der Waals surface area contributed by atoms with E-state index in [0.29, 0.717) is 17.1 Å². The molecule has 3 heterocycles. The van der Waals surface area contributed by atoms with Gasteiger partial charge in [-0.05, 0) is 36.4 Å². The van der Waals surface area contributed by atoms with Gasteiger partial charge in [-0.1, -0.05) is 76.5 Å². The van der Waals surface area contributed by atoms with Crippen molar-refractivity contribution in [3.63, 3.8) is 0 Å². The van der Waals surface area contributed by atoms with Crippen LogP contribution in [0.25, 0.3) is 0 Å². The van der Waals surface area contributed by atoms with Gasteiger partial charge >= 0.3 is 19.5 Å². The molecule has 0 aliphatic heterocycles. The summed E-state index contributed by atoms with van der Waals surface area (Å²) < 4.78 is 0. The first-order chi connectivity index (χ1) is 13.8. The van der Waals surface area contributed by atoms with E-state index in [1.165, 1.54) is 0 Å². The largest absolute Gasteiger partial charge is 3.00 e. The first-order valence-corrected chi connectivity index (χ1v) is 9.67. The molecule has 0 aromatic carbocycles. The Balaban J connectivity index is 0. The van der Waals surface area contributed by atoms with E-state index in [0.717, 1.165) is 0 Å². The summed E-state index contributed by atoms with van der Waals surface area (Å²) >= 11 is 0. The second kappa shape index (κ2) is 14.1. The van der Waals surface area contributed by atoms with E-state index in [1.54, 1.807) is 96.5 Å². The van der Waals surface area contributed by atoms with E-state index in [-0.39, 0.29) is 25.0 Å². The van der Waals surface area contributed by atoms with Crippen LogP contribution in [0.3, 0.4) is 0 Å². The molecule has 7 nitrogen and oxygen atoms in total. The fourth-order valence-corrected chi connectivity index (χ4v) is 2.16. The number of pyridine rings is 3. The fourth-order valence-electron chi connectivity index (χ4n) is 2.16. The Labute approximate surface area is 203 Å². The number of aromatic nitrogens is 3. The van der Waals surface area contributed by atoms with Crippen molar-refractivity contribution < 1.29 is 40.3 Å². The monoisotopic (exact) mass is 529 g/mol. The van der Waals surface area contributed by atoms with E-state index in [2.05, 4.69) is 15.0 Å². The van der Waals surface area contributed by atoms with Crippen molar-refractivity contribution in [2.75, 3.05) is 0 Å². The van der Waals surface area contributed by atoms with Crippen molar-refractivity contribution in [1.82, 2.24) is 15.0 Å². The normalized spacial score (nSPS) is 10.8. The zero-order valence-electron chi connectivity index (χ0n) is 19.3. The predicted octanol–water partition coefficient (Wildman–Crippen LogP) is 1.20. The van der Waals surface area contributed by atoms with Gasteiger partial charge in [-0.3, -0.25) is 15.0 Å². The standard InChI is InChI=1S/3C8H10NO.H2O.Rh/c3*1-8(2,10)7-5-3-4-6-9-7;;/h3*3-6H,1-2H3;1H2;/q3*-1;;+3. The topological polar surface area (TPSA) is 139 Å². The minimum atomic E-state index is -1.07. The van der Waals surface area contributed by atoms with Crippen molar-refractivity contribution >= 4 is 0 Å². The number of rotatable bonds is 3. The molecular weight excluding hydrogens is 497 g/mol. The smallest absolute Gasteiger partial charge is 0.845 e. The van der Waals surface area contributed by atoms with Gasteiger partial charge < -0.3 is 20.8 Å². The fraction of sp³-hybridized carbons (Fsp3) is 0.375. The SMILES string of the molecule is CC(C)([O-])c1ccccn1.CC(C)([O-])c1ccccn1.CC(C)([O-])c1ccccn1.O.[Rh+3]. The van der Waals surface area contributed by atoms with Gasteiger partial charge in [-0.15, -0.1) is 0 Å². The molecule has 2 N–H and O–H groups in total. The van der Waals surface area contributed by atoms with Crippen LogP contribution in [0.1, 0.15) is 58.6 Å². The molecule has 0 radical (unpaired) electrons. The van der Waals surface area contributed by atoms with Crippen molar-refractivity contribution in [1.29, 1.82) is 0 Å². The molecule has 176 valence electrons. The Kier molecular flexibility index (Phi) is 14.2. The van der Waals surface area contributed by atoms with Gasteiger partial charge in [0.25, 0.3) is 0 Å². The zero-order valence-corrected chi connectivity index (χ0v) is 21.0. The first-order valence-electron chi connectivity index (χ1n) is 9.67. The van der Waals surface area contributed by atoms with E-state index in [9.17, 15) is 15.3 Å². The molecule has 0 bridgehead atoms. The molecule has 0 saturated heterocycles. The number of hydrogen-bond acceptors (Lipinski definition) is 6. The van der Waals surface area contributed by atoms with Crippen molar-refractivity contribution in [2.24, 2.45) is 0 Å². The van der Waals surface area contributed by atoms with Gasteiger partial charge in [0.05, 0.1) is 0 Å². The second-order valence-electron chi connectivity index (χ2n) is 8.18. The maximum Gasteiger partial charge on any atom is 3.00 e. The minimum absolute atomic E-state index is 0. The summed E-state index contributed by atoms with van der Waals surface area (Å²) in [6.07, 6.45) is 4.90. The Hall–Kier alpha value is -2.09. The molecule has 32 heavy (non-hydrogen) atoms. The average molecular weight is 529 g/mol. The molecule has 8 heteroatoms. The van der Waals surface area contributed by atoms with Crippen LogP contribution in [0.15, 0.2) is 73.2 Å². The summed E-state index contributed by atoms with van der Waals surface area (Å²) in [6, 6.07) is 16.1. The molecule has 0 fully saturated rings. The molecule has 0 saturated carbocycles. The van der Waals surface area contributed by atoms with Crippen molar-refractivity contribution in [3.05, 3.63) is 90.3 Å². The summed E-state index contributed by atoms with van der Waals surface area (Å²) in [7, 11) is 0. The van der Waals surface area contributed by atoms with E-state index in [4.69, 9.17) is 0 Å². The summed E-state index contributed by atoms with van der Waals surface area (Å²) in [6.45, 7) is 9.64. The van der Waals surface area contributed by atoms with Crippen LogP contribution in [0.4, 0.5) is 0 Å². The Morgan fingerprint density at radius 3 is 0.812 bits per heavy atom. The Morgan fingerprint density at radius 1 is 0.500 bits per heavy atom. The van der Waals surface area contributed by atoms with Crippen LogP contribution in [0.5, 0.6) is 0 Å². The van der Waals surface area contributed by atoms with Crippen LogP contribution in [-0.2, 0) is 36.3 Å². The molecule has 0 unspecified atom stereocenters. The quantitative estimate of drug-likeness (QED) is 0.468. The summed E-state index contributed by atoms with van der Waals surface area (Å²) in [4.78, 5) is 11.8. The van der Waals surface area contributed by atoms with Crippen molar-refractivity contribution in [3.8, 4) is 0 Å². The van der Waals surface area contributed by atoms with Gasteiger partial charge in [0, 0.05) is 35.7 Å². The van der Waals surface area contributed by atoms with Gasteiger partial charge in [-0.25, -0.2) is 0 Å². The van der Waals surface area contributed by atoms with Crippen LogP contribution in [-0.4, -0.2) is 20.4 Å². The second-order valence-corrected chi connectivity index (χ2v) is 8.18. The van der Waals surface area contributed by atoms with Crippen LogP contribution in [0, 0.1) is 0 Å². The maximum absolute atomic E-state index is 11.2. The third kappa shape index (κ3) is 12.7. The van der Waals surface area contributed by atoms with Crippen LogP contribution < -0.4 is 15.3 Å². The van der Waals surface area contributed by atoms with Crippen LogP contribution in [0.2, 0.25) is 0 Å². The molecule has 0 atom stereocenters. The first kappa shape index (κ1) is 32.1.